The number of benzene rings is 4. The van der Waals surface area contributed by atoms with Gasteiger partial charge in [-0.3, -0.25) is 4.79 Å². The molecule has 4 aromatic carbocycles. The number of hydrogen-bond donors (Lipinski definition) is 2. The number of rotatable bonds is 5. The second-order valence-corrected chi connectivity index (χ2v) is 11.3. The smallest absolute Gasteiger partial charge is 0.240 e. The van der Waals surface area contributed by atoms with Gasteiger partial charge in [-0.25, -0.2) is 13.1 Å². The average molecular weight is 511 g/mol. The maximum Gasteiger partial charge on any atom is 0.240 e. The van der Waals surface area contributed by atoms with E-state index in [1.807, 2.05) is 30.3 Å². The third kappa shape index (κ3) is 3.49. The molecule has 6 nitrogen and oxygen atoms in total. The van der Waals surface area contributed by atoms with Gasteiger partial charge < -0.3 is 10.1 Å². The lowest BCUT2D eigenvalue weighted by Gasteiger charge is -2.21. The highest BCUT2D eigenvalue weighted by Gasteiger charge is 2.44. The predicted octanol–water partition coefficient (Wildman–Crippen LogP) is 5.41. The Balaban J connectivity index is 1.61. The molecular formula is C30H26N2O4S. The molecule has 1 amide bonds. The van der Waals surface area contributed by atoms with Gasteiger partial charge in [0.2, 0.25) is 15.9 Å². The highest BCUT2D eigenvalue weighted by molar-refractivity contribution is 7.89. The molecule has 1 aliphatic carbocycles. The van der Waals surface area contributed by atoms with Crippen LogP contribution in [0.5, 0.6) is 5.75 Å². The van der Waals surface area contributed by atoms with Crippen LogP contribution in [-0.2, 0) is 14.8 Å². The molecule has 186 valence electrons. The molecule has 2 aliphatic rings. The molecule has 6 rings (SSSR count). The van der Waals surface area contributed by atoms with Crippen LogP contribution in [0.15, 0.2) is 89.3 Å². The van der Waals surface area contributed by atoms with Gasteiger partial charge in [-0.15, -0.1) is 0 Å². The van der Waals surface area contributed by atoms with Crippen molar-refractivity contribution in [3.05, 3.63) is 107 Å². The molecule has 37 heavy (non-hydrogen) atoms. The van der Waals surface area contributed by atoms with Crippen LogP contribution < -0.4 is 14.8 Å². The summed E-state index contributed by atoms with van der Waals surface area (Å²) in [5.41, 5.74) is 6.52. The zero-order valence-electron chi connectivity index (χ0n) is 20.7. The molecule has 4 aromatic rings. The fourth-order valence-electron chi connectivity index (χ4n) is 5.92. The number of nitrogens with one attached hydrogen (secondary N) is 2. The number of carbonyl (C=O) groups is 1. The van der Waals surface area contributed by atoms with Crippen molar-refractivity contribution in [3.8, 4) is 5.75 Å². The Morgan fingerprint density at radius 2 is 1.65 bits per heavy atom. The van der Waals surface area contributed by atoms with E-state index < -0.39 is 15.9 Å². The Morgan fingerprint density at radius 3 is 2.43 bits per heavy atom. The molecule has 2 unspecified atom stereocenters. The number of allylic oxidation sites excluding steroid dienone is 1. The summed E-state index contributed by atoms with van der Waals surface area (Å²) in [6.45, 7) is 2.07. The van der Waals surface area contributed by atoms with Crippen molar-refractivity contribution < 1.29 is 17.9 Å². The van der Waals surface area contributed by atoms with Crippen molar-refractivity contribution in [2.45, 2.75) is 23.7 Å². The van der Waals surface area contributed by atoms with Crippen molar-refractivity contribution in [3.63, 3.8) is 0 Å². The molecule has 0 saturated heterocycles. The summed E-state index contributed by atoms with van der Waals surface area (Å²) in [4.78, 5) is 13.6. The Kier molecular flexibility index (Phi) is 5.44. The summed E-state index contributed by atoms with van der Waals surface area (Å²) in [5, 5.41) is 5.15. The normalized spacial score (nSPS) is 18.6. The summed E-state index contributed by atoms with van der Waals surface area (Å²) in [6, 6.07) is 25.2. The lowest BCUT2D eigenvalue weighted by molar-refractivity contribution is -0.117. The minimum absolute atomic E-state index is 0.138. The predicted molar refractivity (Wildman–Crippen MR) is 145 cm³/mol. The van der Waals surface area contributed by atoms with E-state index in [4.69, 9.17) is 4.74 Å². The highest BCUT2D eigenvalue weighted by Crippen LogP contribution is 2.55. The fourth-order valence-corrected chi connectivity index (χ4v) is 6.68. The number of amides is 1. The zero-order valence-corrected chi connectivity index (χ0v) is 21.5. The van der Waals surface area contributed by atoms with Crippen LogP contribution in [0.3, 0.4) is 0 Å². The van der Waals surface area contributed by atoms with Crippen LogP contribution >= 0.6 is 0 Å². The zero-order chi connectivity index (χ0) is 25.9. The van der Waals surface area contributed by atoms with E-state index in [1.54, 1.807) is 19.2 Å². The topological polar surface area (TPSA) is 84.5 Å². The van der Waals surface area contributed by atoms with Gasteiger partial charge >= 0.3 is 0 Å². The summed E-state index contributed by atoms with van der Waals surface area (Å²) in [7, 11) is -0.608. The molecule has 0 aromatic heterocycles. The van der Waals surface area contributed by atoms with Crippen LogP contribution in [-0.4, -0.2) is 28.5 Å². The lowest BCUT2D eigenvalue weighted by Crippen LogP contribution is -2.20. The Morgan fingerprint density at radius 1 is 0.892 bits per heavy atom. The molecule has 7 heteroatoms. The van der Waals surface area contributed by atoms with Crippen molar-refractivity contribution in [1.82, 2.24) is 4.72 Å². The van der Waals surface area contributed by atoms with E-state index in [0.717, 1.165) is 44.4 Å². The first-order chi connectivity index (χ1) is 17.9. The first kappa shape index (κ1) is 23.5. The van der Waals surface area contributed by atoms with Gasteiger partial charge in [-0.2, -0.15) is 0 Å². The molecule has 0 radical (unpaired) electrons. The Labute approximate surface area is 216 Å². The van der Waals surface area contributed by atoms with Gasteiger partial charge in [0.1, 0.15) is 5.75 Å². The van der Waals surface area contributed by atoms with Gasteiger partial charge in [-0.1, -0.05) is 60.2 Å². The lowest BCUT2D eigenvalue weighted by atomic mass is 9.80. The van der Waals surface area contributed by atoms with Gasteiger partial charge in [0.25, 0.3) is 0 Å². The molecular weight excluding hydrogens is 484 g/mol. The molecule has 2 atom stereocenters. The summed E-state index contributed by atoms with van der Waals surface area (Å²) >= 11 is 0. The molecule has 1 heterocycles. The second-order valence-electron chi connectivity index (χ2n) is 9.41. The summed E-state index contributed by atoms with van der Waals surface area (Å²) in [5.74, 6) is -0.202. The van der Waals surface area contributed by atoms with Crippen LogP contribution in [0.1, 0.15) is 41.0 Å². The monoisotopic (exact) mass is 510 g/mol. The van der Waals surface area contributed by atoms with E-state index in [-0.39, 0.29) is 16.7 Å². The Bertz CT molecular complexity index is 1740. The second kappa shape index (κ2) is 8.57. The number of methoxy groups -OCH3 is 1. The number of carbonyl (C=O) groups excluding carboxylic acids is 1. The van der Waals surface area contributed by atoms with Crippen molar-refractivity contribution >= 4 is 38.0 Å². The number of anilines is 1. The SMILES string of the molecule is CNS(=O)(=O)c1ccc2c(c1)C(C1C(C)=C(c3c(OC)ccc4ccccc34)c3ccccc31)C(=O)N2. The van der Waals surface area contributed by atoms with Crippen molar-refractivity contribution in [2.75, 3.05) is 19.5 Å². The highest BCUT2D eigenvalue weighted by atomic mass is 32.2. The molecule has 0 fully saturated rings. The van der Waals surface area contributed by atoms with Gasteiger partial charge in [0.15, 0.2) is 0 Å². The van der Waals surface area contributed by atoms with Gasteiger partial charge in [0, 0.05) is 17.2 Å². The van der Waals surface area contributed by atoms with Crippen LogP contribution in [0, 0.1) is 0 Å². The fraction of sp³-hybridized carbons (Fsp3) is 0.167. The average Bonchev–Trinajstić information content (AvgIpc) is 3.39. The van der Waals surface area contributed by atoms with Crippen LogP contribution in [0.2, 0.25) is 0 Å². The van der Waals surface area contributed by atoms with E-state index in [2.05, 4.69) is 47.3 Å². The first-order valence-corrected chi connectivity index (χ1v) is 13.6. The minimum Gasteiger partial charge on any atom is -0.496 e. The van der Waals surface area contributed by atoms with Crippen LogP contribution in [0.25, 0.3) is 16.3 Å². The number of hydrogen-bond acceptors (Lipinski definition) is 4. The number of fused-ring (bicyclic) bond motifs is 3. The Hall–Kier alpha value is -3.94. The van der Waals surface area contributed by atoms with Crippen LogP contribution in [0.4, 0.5) is 5.69 Å². The maximum atomic E-state index is 13.5. The minimum atomic E-state index is -3.66. The van der Waals surface area contributed by atoms with E-state index in [9.17, 15) is 13.2 Å². The van der Waals surface area contributed by atoms with Gasteiger partial charge in [0.05, 0.1) is 17.9 Å². The van der Waals surface area contributed by atoms with E-state index in [1.165, 1.54) is 13.1 Å². The molecule has 0 spiro atoms. The largest absolute Gasteiger partial charge is 0.496 e. The molecule has 1 aliphatic heterocycles. The molecule has 2 N–H and O–H groups in total. The molecule has 0 bridgehead atoms. The van der Waals surface area contributed by atoms with Gasteiger partial charge in [-0.05, 0) is 71.3 Å². The third-order valence-electron chi connectivity index (χ3n) is 7.60. The summed E-state index contributed by atoms with van der Waals surface area (Å²) in [6.07, 6.45) is 0. The standard InChI is InChI=1S/C30H26N2O4S/c1-17-26(28-20-9-5-4-8-18(20)12-15-25(28)36-3)21-10-6-7-11-22(21)27(17)29-23-16-19(37(34,35)31-2)13-14-24(23)32-30(29)33/h4-16,27,29,31H,1-3H3,(H,32,33). The third-order valence-corrected chi connectivity index (χ3v) is 9.01. The molecule has 0 saturated carbocycles. The van der Waals surface area contributed by atoms with E-state index in [0.29, 0.717) is 11.3 Å². The number of sulfonamides is 1. The number of ether oxygens (including phenoxy) is 1. The summed E-state index contributed by atoms with van der Waals surface area (Å²) < 4.78 is 33.3. The van der Waals surface area contributed by atoms with Crippen molar-refractivity contribution in [1.29, 1.82) is 0 Å². The van der Waals surface area contributed by atoms with Crippen molar-refractivity contribution in [2.24, 2.45) is 0 Å². The maximum absolute atomic E-state index is 13.5. The van der Waals surface area contributed by atoms with E-state index >= 15 is 0 Å². The first-order valence-electron chi connectivity index (χ1n) is 12.1. The quantitative estimate of drug-likeness (QED) is 0.376.